The summed E-state index contributed by atoms with van der Waals surface area (Å²) in [6.07, 6.45) is 0. The van der Waals surface area contributed by atoms with Crippen molar-refractivity contribution in [2.24, 2.45) is 0 Å². The van der Waals surface area contributed by atoms with E-state index in [9.17, 15) is 26.7 Å². The molecule has 3 aromatic carbocycles. The van der Waals surface area contributed by atoms with Gasteiger partial charge in [-0.2, -0.15) is 0 Å². The van der Waals surface area contributed by atoms with E-state index in [-0.39, 0.29) is 22.1 Å². The highest BCUT2D eigenvalue weighted by atomic mass is 19.2. The maximum absolute atomic E-state index is 13.8. The predicted molar refractivity (Wildman–Crippen MR) is 103 cm³/mol. The van der Waals surface area contributed by atoms with Crippen LogP contribution in [-0.2, 0) is 6.61 Å². The van der Waals surface area contributed by atoms with Crippen LogP contribution in [0, 0.1) is 36.0 Å². The summed E-state index contributed by atoms with van der Waals surface area (Å²) in [5, 5.41) is 0.244. The van der Waals surface area contributed by atoms with E-state index in [1.165, 1.54) is 18.2 Å². The minimum absolute atomic E-state index is 0.0199. The van der Waals surface area contributed by atoms with Crippen molar-refractivity contribution >= 4 is 11.0 Å². The van der Waals surface area contributed by atoms with E-state index in [1.807, 2.05) is 6.07 Å². The van der Waals surface area contributed by atoms with Crippen LogP contribution in [0.15, 0.2) is 57.7 Å². The van der Waals surface area contributed by atoms with Gasteiger partial charge in [-0.15, -0.1) is 0 Å². The zero-order chi connectivity index (χ0) is 22.3. The molecule has 0 N–H and O–H groups in total. The number of aryl methyl sites for hydroxylation is 1. The van der Waals surface area contributed by atoms with Crippen LogP contribution in [0.25, 0.3) is 22.1 Å². The Labute approximate surface area is 172 Å². The Morgan fingerprint density at radius 2 is 1.45 bits per heavy atom. The van der Waals surface area contributed by atoms with Gasteiger partial charge in [-0.05, 0) is 24.6 Å². The molecule has 0 bridgehead atoms. The first-order valence-corrected chi connectivity index (χ1v) is 9.05. The standard InChI is InChI=1S/C23H13F5O3/c1-11-17(12-5-3-2-4-6-12)23(29)14-8-7-13(9-16(14)31-11)30-10-15-18(24)20(26)22(28)21(27)19(15)25/h2-9H,10H2,1H3. The van der Waals surface area contributed by atoms with Gasteiger partial charge in [0.05, 0.1) is 16.5 Å². The molecule has 1 heterocycles. The largest absolute Gasteiger partial charge is 0.489 e. The van der Waals surface area contributed by atoms with Gasteiger partial charge in [0.2, 0.25) is 11.2 Å². The molecule has 0 fully saturated rings. The number of rotatable bonds is 4. The normalized spacial score (nSPS) is 11.2. The minimum atomic E-state index is -2.24. The molecule has 1 aromatic heterocycles. The first-order chi connectivity index (χ1) is 14.8. The molecule has 0 spiro atoms. The Morgan fingerprint density at radius 1 is 0.839 bits per heavy atom. The van der Waals surface area contributed by atoms with Crippen LogP contribution in [0.1, 0.15) is 11.3 Å². The van der Waals surface area contributed by atoms with Crippen LogP contribution in [0.2, 0.25) is 0 Å². The lowest BCUT2D eigenvalue weighted by atomic mass is 10.0. The summed E-state index contributed by atoms with van der Waals surface area (Å²) in [5.41, 5.74) is -0.160. The molecular formula is C23H13F5O3. The molecule has 0 amide bonds. The van der Waals surface area contributed by atoms with Crippen LogP contribution in [-0.4, -0.2) is 0 Å². The second kappa shape index (κ2) is 7.86. The molecule has 0 aliphatic carbocycles. The molecule has 0 atom stereocenters. The van der Waals surface area contributed by atoms with Crippen molar-refractivity contribution in [2.75, 3.05) is 0 Å². The third kappa shape index (κ3) is 3.54. The average Bonchev–Trinajstić information content (AvgIpc) is 2.77. The highest BCUT2D eigenvalue weighted by Gasteiger charge is 2.26. The Morgan fingerprint density at radius 3 is 2.10 bits per heavy atom. The monoisotopic (exact) mass is 432 g/mol. The minimum Gasteiger partial charge on any atom is -0.489 e. The lowest BCUT2D eigenvalue weighted by Gasteiger charge is -2.11. The summed E-state index contributed by atoms with van der Waals surface area (Å²) >= 11 is 0. The molecule has 8 heteroatoms. The van der Waals surface area contributed by atoms with Crippen LogP contribution >= 0.6 is 0 Å². The Balaban J connectivity index is 1.70. The Kier molecular flexibility index (Phi) is 5.22. The summed E-state index contributed by atoms with van der Waals surface area (Å²) < 4.78 is 78.4. The van der Waals surface area contributed by atoms with E-state index in [4.69, 9.17) is 9.15 Å². The van der Waals surface area contributed by atoms with Crippen LogP contribution in [0.3, 0.4) is 0 Å². The van der Waals surface area contributed by atoms with Gasteiger partial charge in [0.15, 0.2) is 23.3 Å². The highest BCUT2D eigenvalue weighted by Crippen LogP contribution is 2.28. The van der Waals surface area contributed by atoms with Gasteiger partial charge in [0, 0.05) is 6.07 Å². The fourth-order valence-corrected chi connectivity index (χ4v) is 3.25. The first-order valence-electron chi connectivity index (χ1n) is 9.05. The number of hydrogen-bond acceptors (Lipinski definition) is 3. The van der Waals surface area contributed by atoms with Crippen molar-refractivity contribution in [3.05, 3.63) is 99.2 Å². The Hall–Kier alpha value is -3.68. The molecule has 0 aliphatic heterocycles. The Bertz CT molecular complexity index is 1330. The molecule has 0 radical (unpaired) electrons. The van der Waals surface area contributed by atoms with E-state index in [1.54, 1.807) is 31.2 Å². The average molecular weight is 432 g/mol. The number of hydrogen-bond donors (Lipinski definition) is 0. The molecular weight excluding hydrogens is 419 g/mol. The van der Waals surface area contributed by atoms with Crippen LogP contribution < -0.4 is 10.2 Å². The van der Waals surface area contributed by atoms with Crippen LogP contribution in [0.4, 0.5) is 22.0 Å². The number of halogens is 5. The quantitative estimate of drug-likeness (QED) is 0.224. The zero-order valence-electron chi connectivity index (χ0n) is 15.9. The second-order valence-corrected chi connectivity index (χ2v) is 6.72. The summed E-state index contributed by atoms with van der Waals surface area (Å²) in [6.45, 7) is 0.703. The van der Waals surface area contributed by atoms with E-state index in [0.717, 1.165) is 0 Å². The van der Waals surface area contributed by atoms with Crippen molar-refractivity contribution in [1.82, 2.24) is 0 Å². The first kappa shape index (κ1) is 20.6. The molecule has 4 rings (SSSR count). The van der Waals surface area contributed by atoms with Gasteiger partial charge >= 0.3 is 0 Å². The fourth-order valence-electron chi connectivity index (χ4n) is 3.25. The molecule has 0 unspecified atom stereocenters. The summed E-state index contributed by atoms with van der Waals surface area (Å²) in [6, 6.07) is 13.0. The number of fused-ring (bicyclic) bond motifs is 1. The van der Waals surface area contributed by atoms with E-state index in [2.05, 4.69) is 0 Å². The van der Waals surface area contributed by atoms with Crippen molar-refractivity contribution in [2.45, 2.75) is 13.5 Å². The third-order valence-electron chi connectivity index (χ3n) is 4.79. The topological polar surface area (TPSA) is 39.4 Å². The summed E-state index contributed by atoms with van der Waals surface area (Å²) in [7, 11) is 0. The third-order valence-corrected chi connectivity index (χ3v) is 4.79. The molecule has 4 aromatic rings. The van der Waals surface area contributed by atoms with Gasteiger partial charge in [0.1, 0.15) is 23.7 Å². The molecule has 158 valence electrons. The van der Waals surface area contributed by atoms with E-state index in [0.29, 0.717) is 16.9 Å². The van der Waals surface area contributed by atoms with Gasteiger partial charge in [-0.3, -0.25) is 4.79 Å². The lowest BCUT2D eigenvalue weighted by molar-refractivity contribution is 0.279. The molecule has 0 aliphatic rings. The van der Waals surface area contributed by atoms with Crippen LogP contribution in [0.5, 0.6) is 5.75 Å². The van der Waals surface area contributed by atoms with E-state index < -0.39 is 41.3 Å². The maximum atomic E-state index is 13.8. The van der Waals surface area contributed by atoms with Crippen molar-refractivity contribution in [1.29, 1.82) is 0 Å². The lowest BCUT2D eigenvalue weighted by Crippen LogP contribution is -2.10. The molecule has 0 saturated heterocycles. The summed E-state index contributed by atoms with van der Waals surface area (Å²) in [5.74, 6) is -9.90. The zero-order valence-corrected chi connectivity index (χ0v) is 15.9. The second-order valence-electron chi connectivity index (χ2n) is 6.72. The van der Waals surface area contributed by atoms with Crippen molar-refractivity contribution in [3.8, 4) is 16.9 Å². The van der Waals surface area contributed by atoms with Crippen molar-refractivity contribution in [3.63, 3.8) is 0 Å². The molecule has 3 nitrogen and oxygen atoms in total. The van der Waals surface area contributed by atoms with E-state index >= 15 is 0 Å². The smallest absolute Gasteiger partial charge is 0.200 e. The number of ether oxygens (including phenoxy) is 1. The van der Waals surface area contributed by atoms with Gasteiger partial charge in [-0.25, -0.2) is 22.0 Å². The van der Waals surface area contributed by atoms with Gasteiger partial charge in [-0.1, -0.05) is 30.3 Å². The summed E-state index contributed by atoms with van der Waals surface area (Å²) in [4.78, 5) is 12.9. The predicted octanol–water partition coefficient (Wildman–Crippen LogP) is 6.04. The maximum Gasteiger partial charge on any atom is 0.200 e. The molecule has 31 heavy (non-hydrogen) atoms. The molecule has 0 saturated carbocycles. The van der Waals surface area contributed by atoms with Crippen molar-refractivity contribution < 1.29 is 31.1 Å². The number of benzene rings is 3. The van der Waals surface area contributed by atoms with Gasteiger partial charge in [0.25, 0.3) is 0 Å². The fraction of sp³-hybridized carbons (Fsp3) is 0.0870. The van der Waals surface area contributed by atoms with Gasteiger partial charge < -0.3 is 9.15 Å². The SMILES string of the molecule is Cc1oc2cc(OCc3c(F)c(F)c(F)c(F)c3F)ccc2c(=O)c1-c1ccccc1. The highest BCUT2D eigenvalue weighted by molar-refractivity contribution is 5.83.